The molecule has 0 fully saturated rings. The molecule has 1 atom stereocenters. The Morgan fingerprint density at radius 2 is 1.75 bits per heavy atom. The molecule has 0 amide bonds. The molecule has 0 spiro atoms. The Morgan fingerprint density at radius 3 is 2.50 bits per heavy atom. The van der Waals surface area contributed by atoms with Crippen LogP contribution >= 0.6 is 0 Å². The van der Waals surface area contributed by atoms with Gasteiger partial charge in [-0.3, -0.25) is 9.13 Å². The van der Waals surface area contributed by atoms with Crippen LogP contribution in [0.4, 0.5) is 0 Å². The zero-order valence-corrected chi connectivity index (χ0v) is 16.4. The quantitative estimate of drug-likeness (QED) is 0.590. The van der Waals surface area contributed by atoms with Crippen molar-refractivity contribution in [1.82, 2.24) is 13.7 Å². The summed E-state index contributed by atoms with van der Waals surface area (Å²) in [5.41, 5.74) is 4.89. The van der Waals surface area contributed by atoms with E-state index in [1.807, 2.05) is 36.5 Å². The minimum Gasteiger partial charge on any atom is -0.504 e. The average molecular weight is 377 g/mol. The average Bonchev–Trinajstić information content (AvgIpc) is 3.28. The molecule has 28 heavy (non-hydrogen) atoms. The molecule has 1 N–H and O–H groups in total. The van der Waals surface area contributed by atoms with Gasteiger partial charge in [0.1, 0.15) is 0 Å². The van der Waals surface area contributed by atoms with Crippen molar-refractivity contribution < 1.29 is 9.84 Å². The summed E-state index contributed by atoms with van der Waals surface area (Å²) in [6.45, 7) is 2.13. The number of imidazole rings is 1. The molecule has 0 saturated heterocycles. The van der Waals surface area contributed by atoms with E-state index in [0.29, 0.717) is 5.75 Å². The predicted octanol–water partition coefficient (Wildman–Crippen LogP) is 3.67. The number of aromatic nitrogens is 3. The zero-order chi connectivity index (χ0) is 20.0. The fourth-order valence-corrected chi connectivity index (χ4v) is 3.76. The summed E-state index contributed by atoms with van der Waals surface area (Å²) in [6.07, 6.45) is 2.04. The van der Waals surface area contributed by atoms with E-state index in [2.05, 4.69) is 23.6 Å². The Bertz CT molecular complexity index is 1230. The summed E-state index contributed by atoms with van der Waals surface area (Å²) in [5.74, 6) is 0.562. The van der Waals surface area contributed by atoms with Crippen molar-refractivity contribution in [3.63, 3.8) is 0 Å². The van der Waals surface area contributed by atoms with Gasteiger partial charge in [0.15, 0.2) is 11.5 Å². The largest absolute Gasteiger partial charge is 0.504 e. The van der Waals surface area contributed by atoms with Crippen LogP contribution in [0.25, 0.3) is 22.3 Å². The number of hydrogen-bond donors (Lipinski definition) is 1. The monoisotopic (exact) mass is 377 g/mol. The van der Waals surface area contributed by atoms with Crippen molar-refractivity contribution in [3.8, 4) is 22.8 Å². The van der Waals surface area contributed by atoms with Crippen molar-refractivity contribution in [2.24, 2.45) is 14.1 Å². The minimum atomic E-state index is -0.0300. The first-order valence-corrected chi connectivity index (χ1v) is 9.12. The maximum absolute atomic E-state index is 12.2. The van der Waals surface area contributed by atoms with E-state index < -0.39 is 0 Å². The van der Waals surface area contributed by atoms with Crippen LogP contribution < -0.4 is 10.4 Å². The third kappa shape index (κ3) is 2.69. The van der Waals surface area contributed by atoms with Crippen LogP contribution in [-0.2, 0) is 14.1 Å². The van der Waals surface area contributed by atoms with Crippen LogP contribution in [0.5, 0.6) is 11.5 Å². The Morgan fingerprint density at radius 1 is 1.00 bits per heavy atom. The van der Waals surface area contributed by atoms with Crippen LogP contribution in [0.15, 0.2) is 59.5 Å². The summed E-state index contributed by atoms with van der Waals surface area (Å²) >= 11 is 0. The van der Waals surface area contributed by atoms with Gasteiger partial charge in [-0.1, -0.05) is 6.07 Å². The van der Waals surface area contributed by atoms with Gasteiger partial charge in [-0.25, -0.2) is 4.79 Å². The van der Waals surface area contributed by atoms with Gasteiger partial charge in [-0.2, -0.15) is 0 Å². The zero-order valence-electron chi connectivity index (χ0n) is 16.4. The van der Waals surface area contributed by atoms with Gasteiger partial charge >= 0.3 is 5.69 Å². The topological polar surface area (TPSA) is 61.3 Å². The van der Waals surface area contributed by atoms with Gasteiger partial charge < -0.3 is 14.4 Å². The Hall–Kier alpha value is -3.41. The highest BCUT2D eigenvalue weighted by molar-refractivity contribution is 5.77. The molecule has 4 aromatic rings. The van der Waals surface area contributed by atoms with Crippen LogP contribution in [-0.4, -0.2) is 25.9 Å². The second-order valence-corrected chi connectivity index (χ2v) is 7.01. The molecule has 6 nitrogen and oxygen atoms in total. The lowest BCUT2D eigenvalue weighted by Crippen LogP contribution is -2.19. The van der Waals surface area contributed by atoms with Crippen LogP contribution in [0.3, 0.4) is 0 Å². The van der Waals surface area contributed by atoms with E-state index in [1.165, 1.54) is 0 Å². The highest BCUT2D eigenvalue weighted by Crippen LogP contribution is 2.34. The summed E-state index contributed by atoms with van der Waals surface area (Å²) in [5, 5.41) is 9.88. The van der Waals surface area contributed by atoms with E-state index >= 15 is 0 Å². The number of rotatable bonds is 4. The highest BCUT2D eigenvalue weighted by Gasteiger charge is 2.16. The molecule has 2 heterocycles. The molecule has 0 aliphatic carbocycles. The minimum absolute atomic E-state index is 0.0300. The summed E-state index contributed by atoms with van der Waals surface area (Å²) < 4.78 is 10.8. The van der Waals surface area contributed by atoms with Crippen molar-refractivity contribution in [2.45, 2.75) is 13.0 Å². The highest BCUT2D eigenvalue weighted by atomic mass is 16.5. The molecule has 2 aromatic heterocycles. The first-order chi connectivity index (χ1) is 13.4. The van der Waals surface area contributed by atoms with Crippen molar-refractivity contribution >= 4 is 11.0 Å². The molecular weight excluding hydrogens is 354 g/mol. The smallest absolute Gasteiger partial charge is 0.328 e. The standard InChI is InChI=1S/C22H23N3O3/c1-14(15-7-9-18-19(12-15)24(3)22(27)23(18)2)25-11-5-6-17(25)16-8-10-20(26)21(13-16)28-4/h5-14,26H,1-4H3/t14-/m1/s1. The molecule has 6 heteroatoms. The fraction of sp³-hybridized carbons (Fsp3) is 0.227. The number of fused-ring (bicyclic) bond motifs is 1. The first kappa shape index (κ1) is 18.0. The van der Waals surface area contributed by atoms with Crippen molar-refractivity contribution in [2.75, 3.05) is 7.11 Å². The number of aryl methyl sites for hydroxylation is 2. The van der Waals surface area contributed by atoms with E-state index in [1.54, 1.807) is 36.4 Å². The lowest BCUT2D eigenvalue weighted by molar-refractivity contribution is 0.373. The molecule has 0 radical (unpaired) electrons. The van der Waals surface area contributed by atoms with Gasteiger partial charge in [-0.05, 0) is 55.0 Å². The Balaban J connectivity index is 1.79. The van der Waals surface area contributed by atoms with Gasteiger partial charge in [0, 0.05) is 31.5 Å². The number of methoxy groups -OCH3 is 1. The van der Waals surface area contributed by atoms with Gasteiger partial charge in [0.2, 0.25) is 0 Å². The predicted molar refractivity (Wildman–Crippen MR) is 110 cm³/mol. The number of aromatic hydroxyl groups is 1. The van der Waals surface area contributed by atoms with Gasteiger partial charge in [0.05, 0.1) is 24.2 Å². The van der Waals surface area contributed by atoms with E-state index in [0.717, 1.165) is 27.9 Å². The Kier molecular flexibility index (Phi) is 4.26. The molecule has 144 valence electrons. The lowest BCUT2D eigenvalue weighted by atomic mass is 10.1. The molecule has 4 rings (SSSR count). The normalized spacial score (nSPS) is 12.4. The third-order valence-corrected chi connectivity index (χ3v) is 5.45. The number of nitrogens with zero attached hydrogens (tertiary/aromatic N) is 3. The second-order valence-electron chi connectivity index (χ2n) is 7.01. The van der Waals surface area contributed by atoms with Gasteiger partial charge in [-0.15, -0.1) is 0 Å². The summed E-state index contributed by atoms with van der Waals surface area (Å²) in [7, 11) is 5.12. The number of ether oxygens (including phenoxy) is 1. The molecule has 0 saturated carbocycles. The lowest BCUT2D eigenvalue weighted by Gasteiger charge is -2.19. The van der Waals surface area contributed by atoms with E-state index in [4.69, 9.17) is 4.74 Å². The Labute approximate surface area is 162 Å². The van der Waals surface area contributed by atoms with E-state index in [9.17, 15) is 9.90 Å². The van der Waals surface area contributed by atoms with Crippen molar-refractivity contribution in [1.29, 1.82) is 0 Å². The first-order valence-electron chi connectivity index (χ1n) is 9.12. The number of hydrogen-bond acceptors (Lipinski definition) is 3. The maximum Gasteiger partial charge on any atom is 0.328 e. The van der Waals surface area contributed by atoms with Crippen LogP contribution in [0.2, 0.25) is 0 Å². The molecule has 0 aliphatic heterocycles. The molecule has 2 aromatic carbocycles. The summed E-state index contributed by atoms with van der Waals surface area (Å²) in [4.78, 5) is 12.2. The number of phenolic OH excluding ortho intramolecular Hbond substituents is 1. The van der Waals surface area contributed by atoms with Crippen LogP contribution in [0.1, 0.15) is 18.5 Å². The maximum atomic E-state index is 12.2. The summed E-state index contributed by atoms with van der Waals surface area (Å²) in [6, 6.07) is 15.6. The van der Waals surface area contributed by atoms with Crippen molar-refractivity contribution in [3.05, 3.63) is 70.8 Å². The van der Waals surface area contributed by atoms with E-state index in [-0.39, 0.29) is 17.5 Å². The second kappa shape index (κ2) is 6.64. The van der Waals surface area contributed by atoms with Gasteiger partial charge in [0.25, 0.3) is 0 Å². The number of benzene rings is 2. The molecule has 0 aliphatic rings. The third-order valence-electron chi connectivity index (χ3n) is 5.45. The molecular formula is C22H23N3O3. The van der Waals surface area contributed by atoms with Crippen LogP contribution in [0, 0.1) is 0 Å². The molecule has 0 unspecified atom stereocenters. The fourth-order valence-electron chi connectivity index (χ4n) is 3.76. The SMILES string of the molecule is COc1cc(-c2cccn2[C@H](C)c2ccc3c(c2)n(C)c(=O)n3C)ccc1O. The molecule has 0 bridgehead atoms. The number of phenols is 1.